The van der Waals surface area contributed by atoms with Gasteiger partial charge in [0.2, 0.25) is 0 Å². The molecule has 3 nitrogen and oxygen atoms in total. The van der Waals surface area contributed by atoms with Crippen molar-refractivity contribution in [1.82, 2.24) is 5.32 Å². The highest BCUT2D eigenvalue weighted by Gasteiger charge is 2.51. The minimum Gasteiger partial charge on any atom is -0.355 e. The molecular formula is C75H91NO2S10. The molecule has 0 bridgehead atoms. The summed E-state index contributed by atoms with van der Waals surface area (Å²) in [7, 11) is 1.72. The molecule has 2 fully saturated rings. The Morgan fingerprint density at radius 1 is 0.568 bits per heavy atom. The predicted molar refractivity (Wildman–Crippen MR) is 406 cm³/mol. The molecule has 3 aliphatic carbocycles. The highest BCUT2D eigenvalue weighted by Crippen LogP contribution is 2.69. The summed E-state index contributed by atoms with van der Waals surface area (Å²) in [5.41, 5.74) is 12.7. The first-order valence-electron chi connectivity index (χ1n) is 32.8. The minimum atomic E-state index is -0.0862. The third kappa shape index (κ3) is 19.3. The third-order valence-corrected chi connectivity index (χ3v) is 27.3. The lowest BCUT2D eigenvalue weighted by atomic mass is 9.94. The number of amides is 1. The lowest BCUT2D eigenvalue weighted by molar-refractivity contribution is -0.116. The standard InChI is InChI=1S/C75H91NO2S10/c1-6-10-14-18-22-51-26-34-55(35-27-51)85-74(86-56-36-28-52(29-37-56)23-19-15-11-7-2)69-62-47-65-63(46-64(62)71-66(69)43-59(83-71)42-61(48-77)81-49-79)70(67-44-60(84-72(65)67)45-68(82-50-80)73(78)76-5)75(87-57-38-30-53(31-39-57)24-20-16-12-8-3)88-58-40-32-54(33-41-58)25-21-17-13-9-4/h26-32,34-42,45-50,54,59-60,66-67,71-72H,6-25,33,43-44H2,1-5H3,(H,76,78)/b61-42-,68-45-,75-70+. The second-order valence-electron chi connectivity index (χ2n) is 24.1. The number of carbonyl (C=O) groups excluding carboxylic acids is 2. The van der Waals surface area contributed by atoms with Crippen LogP contribution in [-0.4, -0.2) is 39.1 Å². The maximum atomic E-state index is 13.5. The van der Waals surface area contributed by atoms with Gasteiger partial charge in [0.05, 0.1) is 13.4 Å². The SMILES string of the molecule is CCCCCCc1ccc(SC(Sc2ccc(CCCCCC)cc2)=C2c3cc4c(cc3C3SC(/C=C(/C=O)SC=S)CC23)/C(=C(\SC2=CCC(CCCCCC)C=C2)Sc2ccc(CCCCCC)cc2)C2CC(/C=C(\SC=S)C(=O)NC)SC42)cc1. The van der Waals surface area contributed by atoms with Gasteiger partial charge in [-0.2, -0.15) is 0 Å². The third-order valence-electron chi connectivity index (χ3n) is 17.7. The van der Waals surface area contributed by atoms with E-state index in [1.165, 1.54) is 211 Å². The zero-order chi connectivity index (χ0) is 61.6. The summed E-state index contributed by atoms with van der Waals surface area (Å²) in [6, 6.07) is 33.8. The smallest absolute Gasteiger partial charge is 0.257 e. The molecule has 4 aromatic carbocycles. The van der Waals surface area contributed by atoms with Crippen LogP contribution >= 0.6 is 119 Å². The average Bonchev–Trinajstić information content (AvgIpc) is 1.59. The number of nitrogens with one attached hydrogen (secondary N) is 1. The number of likely N-dealkylation sites (N-methyl/N-ethyl adjacent to an activating group) is 1. The predicted octanol–water partition coefficient (Wildman–Crippen LogP) is 24.4. The van der Waals surface area contributed by atoms with E-state index in [2.05, 4.69) is 148 Å². The number of rotatable bonds is 36. The van der Waals surface area contributed by atoms with Crippen molar-refractivity contribution in [2.45, 2.75) is 211 Å². The molecule has 9 rings (SSSR count). The van der Waals surface area contributed by atoms with Gasteiger partial charge in [-0.15, -0.1) is 23.5 Å². The quantitative estimate of drug-likeness (QED) is 0.0155. The normalized spacial score (nSPS) is 21.6. The van der Waals surface area contributed by atoms with E-state index in [-0.39, 0.29) is 38.7 Å². The van der Waals surface area contributed by atoms with E-state index >= 15 is 0 Å². The highest BCUT2D eigenvalue weighted by molar-refractivity contribution is 8.25. The van der Waals surface area contributed by atoms with Crippen molar-refractivity contribution in [3.05, 3.63) is 177 Å². The second-order valence-corrected chi connectivity index (χ2v) is 34.7. The highest BCUT2D eigenvalue weighted by atomic mass is 32.2. The Kier molecular flexibility index (Phi) is 29.2. The molecule has 0 spiro atoms. The van der Waals surface area contributed by atoms with Crippen LogP contribution < -0.4 is 5.32 Å². The first kappa shape index (κ1) is 69.8. The number of fused-ring (bicyclic) bond motifs is 6. The Labute approximate surface area is 574 Å². The van der Waals surface area contributed by atoms with E-state index in [9.17, 15) is 9.59 Å². The molecule has 2 aliphatic heterocycles. The molecule has 4 aromatic rings. The van der Waals surface area contributed by atoms with Crippen molar-refractivity contribution in [1.29, 1.82) is 0 Å². The molecule has 2 saturated heterocycles. The van der Waals surface area contributed by atoms with Gasteiger partial charge in [0.25, 0.3) is 5.91 Å². The molecule has 0 aromatic heterocycles. The molecule has 0 radical (unpaired) electrons. The van der Waals surface area contributed by atoms with Crippen LogP contribution in [0.15, 0.2) is 153 Å². The number of benzene rings is 4. The molecule has 5 aliphatic rings. The summed E-state index contributed by atoms with van der Waals surface area (Å²) in [6.07, 6.45) is 40.6. The van der Waals surface area contributed by atoms with E-state index in [1.807, 2.05) is 70.6 Å². The Bertz CT molecular complexity index is 3120. The van der Waals surface area contributed by atoms with Crippen LogP contribution in [0.4, 0.5) is 0 Å². The maximum absolute atomic E-state index is 13.5. The number of hydrogen-bond donors (Lipinski definition) is 1. The van der Waals surface area contributed by atoms with E-state index in [0.717, 1.165) is 44.8 Å². The molecule has 7 unspecified atom stereocenters. The summed E-state index contributed by atoms with van der Waals surface area (Å²) in [5, 5.41) is 3.57. The molecule has 13 heteroatoms. The molecule has 0 saturated carbocycles. The molecule has 1 N–H and O–H groups in total. The van der Waals surface area contributed by atoms with Crippen molar-refractivity contribution in [2.75, 3.05) is 7.05 Å². The molecule has 88 heavy (non-hydrogen) atoms. The van der Waals surface area contributed by atoms with E-state index in [1.54, 1.807) is 16.4 Å². The summed E-state index contributed by atoms with van der Waals surface area (Å²) in [4.78, 5) is 32.6. The average molecular weight is 1360 g/mol. The summed E-state index contributed by atoms with van der Waals surface area (Å²) in [5.74, 6) is 0.951. The lowest BCUT2D eigenvalue weighted by Crippen LogP contribution is -2.19. The van der Waals surface area contributed by atoms with Crippen LogP contribution in [0.25, 0.3) is 11.1 Å². The van der Waals surface area contributed by atoms with Gasteiger partial charge in [-0.05, 0) is 169 Å². The topological polar surface area (TPSA) is 46.2 Å². The zero-order valence-corrected chi connectivity index (χ0v) is 60.6. The number of unbranched alkanes of at least 4 members (excludes halogenated alkanes) is 12. The van der Waals surface area contributed by atoms with E-state index < -0.39 is 0 Å². The van der Waals surface area contributed by atoms with Crippen LogP contribution in [0.2, 0.25) is 0 Å². The number of thiocarbonyl (C=S) groups is 2. The van der Waals surface area contributed by atoms with Gasteiger partial charge >= 0.3 is 0 Å². The number of hydrogen-bond acceptors (Lipinski definition) is 12. The first-order chi connectivity index (χ1) is 43.2. The number of aryl methyl sites for hydroxylation is 3. The van der Waals surface area contributed by atoms with Crippen LogP contribution in [0.5, 0.6) is 0 Å². The van der Waals surface area contributed by atoms with E-state index in [0.29, 0.717) is 15.7 Å². The fourth-order valence-corrected chi connectivity index (χ4v) is 23.1. The number of allylic oxidation sites excluding steroid dienone is 6. The van der Waals surface area contributed by atoms with Crippen molar-refractivity contribution >= 4 is 151 Å². The van der Waals surface area contributed by atoms with Crippen LogP contribution in [0, 0.1) is 17.8 Å². The molecule has 468 valence electrons. The maximum Gasteiger partial charge on any atom is 0.257 e. The Morgan fingerprint density at radius 2 is 1.01 bits per heavy atom. The van der Waals surface area contributed by atoms with Crippen molar-refractivity contribution in [3.8, 4) is 0 Å². The van der Waals surface area contributed by atoms with Crippen LogP contribution in [-0.2, 0) is 28.9 Å². The Morgan fingerprint density at radius 3 is 1.42 bits per heavy atom. The van der Waals surface area contributed by atoms with Crippen molar-refractivity contribution in [3.63, 3.8) is 0 Å². The molecule has 1 amide bonds. The summed E-state index contributed by atoms with van der Waals surface area (Å²) < 4.78 is 5.93. The summed E-state index contributed by atoms with van der Waals surface area (Å²) in [6.45, 7) is 9.15. The van der Waals surface area contributed by atoms with Gasteiger partial charge in [0, 0.05) is 73.8 Å². The lowest BCUT2D eigenvalue weighted by Gasteiger charge is -2.21. The van der Waals surface area contributed by atoms with Gasteiger partial charge in [-0.3, -0.25) is 9.59 Å². The fraction of sp³-hybridized carbons (Fsp3) is 0.467. The van der Waals surface area contributed by atoms with Gasteiger partial charge in [-0.1, -0.05) is 273 Å². The number of thioether (sulfide) groups is 8. The second kappa shape index (κ2) is 36.8. The minimum absolute atomic E-state index is 0.0862. The van der Waals surface area contributed by atoms with Crippen LogP contribution in [0.1, 0.15) is 206 Å². The van der Waals surface area contributed by atoms with Gasteiger partial charge in [0.1, 0.15) is 0 Å². The summed E-state index contributed by atoms with van der Waals surface area (Å²) >= 11 is 25.3. The largest absolute Gasteiger partial charge is 0.355 e. The van der Waals surface area contributed by atoms with Gasteiger partial charge in [-0.25, -0.2) is 0 Å². The van der Waals surface area contributed by atoms with Gasteiger partial charge in [0.15, 0.2) is 6.29 Å². The molecule has 7 atom stereocenters. The van der Waals surface area contributed by atoms with Gasteiger partial charge < -0.3 is 5.32 Å². The van der Waals surface area contributed by atoms with Crippen LogP contribution in [0.3, 0.4) is 0 Å². The molecule has 2 heterocycles. The fourth-order valence-electron chi connectivity index (χ4n) is 13.0. The van der Waals surface area contributed by atoms with Crippen molar-refractivity contribution < 1.29 is 9.59 Å². The monoisotopic (exact) mass is 1360 g/mol. The first-order valence-corrected chi connectivity index (χ1v) is 40.7. The number of carbonyl (C=O) groups is 2. The number of aldehydes is 1. The van der Waals surface area contributed by atoms with E-state index in [4.69, 9.17) is 24.4 Å². The Hall–Kier alpha value is -2.56. The Balaban J connectivity index is 1.21. The molecular weight excluding hydrogens is 1270 g/mol. The zero-order valence-electron chi connectivity index (χ0n) is 52.4. The van der Waals surface area contributed by atoms with Crippen molar-refractivity contribution in [2.24, 2.45) is 17.8 Å².